The molecular formula is C17H21ClN2O4. The van der Waals surface area contributed by atoms with Gasteiger partial charge in [0.2, 0.25) is 5.91 Å². The molecule has 0 aliphatic carbocycles. The van der Waals surface area contributed by atoms with Gasteiger partial charge < -0.3 is 15.3 Å². The van der Waals surface area contributed by atoms with Crippen LogP contribution in [0.2, 0.25) is 5.02 Å². The number of amides is 2. The zero-order chi connectivity index (χ0) is 17.9. The average molecular weight is 353 g/mol. The third kappa shape index (κ3) is 4.26. The molecule has 130 valence electrons. The van der Waals surface area contributed by atoms with E-state index in [0.29, 0.717) is 30.0 Å². The number of carboxylic acids is 1. The molecule has 1 atom stereocenters. The van der Waals surface area contributed by atoms with Crippen LogP contribution in [0.3, 0.4) is 0 Å². The van der Waals surface area contributed by atoms with Gasteiger partial charge in [0.1, 0.15) is 5.54 Å². The summed E-state index contributed by atoms with van der Waals surface area (Å²) in [5.41, 5.74) is -0.814. The Hall–Kier alpha value is -2.08. The molecule has 2 rings (SSSR count). The first-order valence-corrected chi connectivity index (χ1v) is 8.19. The van der Waals surface area contributed by atoms with Crippen LogP contribution in [0, 0.1) is 5.92 Å². The maximum atomic E-state index is 12.5. The molecule has 2 amide bonds. The monoisotopic (exact) mass is 352 g/mol. The van der Waals surface area contributed by atoms with E-state index in [-0.39, 0.29) is 18.4 Å². The number of piperidine rings is 1. The second-order valence-electron chi connectivity index (χ2n) is 6.52. The Morgan fingerprint density at radius 2 is 1.88 bits per heavy atom. The standard InChI is InChI=1S/C17H21ClN2O4/c1-17(2,16(23)24)19-14(21)12-4-3-9-20(10-12)15(22)11-5-7-13(18)8-6-11/h5-8,12H,3-4,9-10H2,1-2H3,(H,19,21)(H,23,24). The van der Waals surface area contributed by atoms with Gasteiger partial charge in [-0.2, -0.15) is 0 Å². The number of hydrogen-bond acceptors (Lipinski definition) is 3. The van der Waals surface area contributed by atoms with Crippen LogP contribution in [0.4, 0.5) is 0 Å². The minimum Gasteiger partial charge on any atom is -0.480 e. The van der Waals surface area contributed by atoms with Gasteiger partial charge in [-0.3, -0.25) is 9.59 Å². The number of benzene rings is 1. The van der Waals surface area contributed by atoms with Crippen LogP contribution in [0.1, 0.15) is 37.0 Å². The molecule has 1 aromatic rings. The smallest absolute Gasteiger partial charge is 0.328 e. The van der Waals surface area contributed by atoms with Crippen molar-refractivity contribution in [3.8, 4) is 0 Å². The summed E-state index contributed by atoms with van der Waals surface area (Å²) in [4.78, 5) is 37.6. The van der Waals surface area contributed by atoms with E-state index < -0.39 is 17.4 Å². The van der Waals surface area contributed by atoms with Crippen molar-refractivity contribution >= 4 is 29.4 Å². The van der Waals surface area contributed by atoms with Gasteiger partial charge in [-0.1, -0.05) is 11.6 Å². The predicted octanol–water partition coefficient (Wildman–Crippen LogP) is 2.17. The number of rotatable bonds is 4. The summed E-state index contributed by atoms with van der Waals surface area (Å²) in [7, 11) is 0. The highest BCUT2D eigenvalue weighted by Gasteiger charge is 2.34. The molecule has 0 spiro atoms. The van der Waals surface area contributed by atoms with Crippen molar-refractivity contribution in [3.63, 3.8) is 0 Å². The van der Waals surface area contributed by atoms with Crippen molar-refractivity contribution in [1.82, 2.24) is 10.2 Å². The lowest BCUT2D eigenvalue weighted by Gasteiger charge is -2.33. The molecule has 2 N–H and O–H groups in total. The van der Waals surface area contributed by atoms with E-state index in [1.54, 1.807) is 29.2 Å². The van der Waals surface area contributed by atoms with Gasteiger partial charge >= 0.3 is 5.97 Å². The molecule has 1 fully saturated rings. The number of carbonyl (C=O) groups is 3. The zero-order valence-corrected chi connectivity index (χ0v) is 14.5. The first kappa shape index (κ1) is 18.3. The van der Waals surface area contributed by atoms with Gasteiger partial charge in [0.05, 0.1) is 5.92 Å². The highest BCUT2D eigenvalue weighted by Crippen LogP contribution is 2.20. The summed E-state index contributed by atoms with van der Waals surface area (Å²) in [5, 5.41) is 12.2. The van der Waals surface area contributed by atoms with Gasteiger partial charge in [-0.15, -0.1) is 0 Å². The maximum Gasteiger partial charge on any atom is 0.328 e. The third-order valence-corrected chi connectivity index (χ3v) is 4.39. The second kappa shape index (κ2) is 7.21. The molecule has 0 bridgehead atoms. The lowest BCUT2D eigenvalue weighted by Crippen LogP contribution is -2.54. The summed E-state index contributed by atoms with van der Waals surface area (Å²) >= 11 is 5.83. The topological polar surface area (TPSA) is 86.7 Å². The van der Waals surface area contributed by atoms with Crippen LogP contribution in [0.25, 0.3) is 0 Å². The van der Waals surface area contributed by atoms with Crippen molar-refractivity contribution in [2.24, 2.45) is 5.92 Å². The van der Waals surface area contributed by atoms with Gasteiger partial charge in [0, 0.05) is 23.7 Å². The fraction of sp³-hybridized carbons (Fsp3) is 0.471. The molecule has 1 unspecified atom stereocenters. The predicted molar refractivity (Wildman–Crippen MR) is 89.9 cm³/mol. The fourth-order valence-electron chi connectivity index (χ4n) is 2.61. The maximum absolute atomic E-state index is 12.5. The minimum absolute atomic E-state index is 0.151. The Morgan fingerprint density at radius 3 is 2.46 bits per heavy atom. The van der Waals surface area contributed by atoms with Crippen LogP contribution < -0.4 is 5.32 Å². The van der Waals surface area contributed by atoms with Gasteiger partial charge in [0.25, 0.3) is 5.91 Å². The second-order valence-corrected chi connectivity index (χ2v) is 6.95. The largest absolute Gasteiger partial charge is 0.480 e. The number of likely N-dealkylation sites (tertiary alicyclic amines) is 1. The number of aliphatic carboxylic acids is 1. The van der Waals surface area contributed by atoms with E-state index in [2.05, 4.69) is 5.32 Å². The number of carbonyl (C=O) groups excluding carboxylic acids is 2. The fourth-order valence-corrected chi connectivity index (χ4v) is 2.74. The van der Waals surface area contributed by atoms with Crippen molar-refractivity contribution in [2.75, 3.05) is 13.1 Å². The molecule has 24 heavy (non-hydrogen) atoms. The first-order chi connectivity index (χ1) is 11.2. The number of hydrogen-bond donors (Lipinski definition) is 2. The SMILES string of the molecule is CC(C)(NC(=O)C1CCCN(C(=O)c2ccc(Cl)cc2)C1)C(=O)O. The number of nitrogens with one attached hydrogen (secondary N) is 1. The molecular weight excluding hydrogens is 332 g/mol. The van der Waals surface area contributed by atoms with E-state index in [0.717, 1.165) is 0 Å². The molecule has 1 aliphatic heterocycles. The van der Waals surface area contributed by atoms with Crippen molar-refractivity contribution in [1.29, 1.82) is 0 Å². The van der Waals surface area contributed by atoms with Crippen LogP contribution in [-0.4, -0.2) is 46.4 Å². The van der Waals surface area contributed by atoms with Crippen LogP contribution in [-0.2, 0) is 9.59 Å². The Balaban J connectivity index is 2.03. The molecule has 1 saturated heterocycles. The summed E-state index contributed by atoms with van der Waals surface area (Å²) in [6.07, 6.45) is 1.33. The molecule has 7 heteroatoms. The molecule has 1 aliphatic rings. The number of nitrogens with zero attached hydrogens (tertiary/aromatic N) is 1. The van der Waals surface area contributed by atoms with Crippen LogP contribution in [0.15, 0.2) is 24.3 Å². The summed E-state index contributed by atoms with van der Waals surface area (Å²) in [6.45, 7) is 3.73. The highest BCUT2D eigenvalue weighted by molar-refractivity contribution is 6.30. The molecule has 1 aromatic carbocycles. The molecule has 1 heterocycles. The molecule has 0 aromatic heterocycles. The Bertz CT molecular complexity index is 642. The molecule has 0 radical (unpaired) electrons. The van der Waals surface area contributed by atoms with E-state index >= 15 is 0 Å². The van der Waals surface area contributed by atoms with Crippen LogP contribution >= 0.6 is 11.6 Å². The van der Waals surface area contributed by atoms with Gasteiger partial charge in [-0.25, -0.2) is 4.79 Å². The van der Waals surface area contributed by atoms with E-state index in [1.165, 1.54) is 13.8 Å². The lowest BCUT2D eigenvalue weighted by molar-refractivity contribution is -0.147. The molecule has 6 nitrogen and oxygen atoms in total. The summed E-state index contributed by atoms with van der Waals surface area (Å²) in [5.74, 6) is -1.99. The number of halogens is 1. The Labute approximate surface area is 145 Å². The Morgan fingerprint density at radius 1 is 1.25 bits per heavy atom. The van der Waals surface area contributed by atoms with E-state index in [4.69, 9.17) is 16.7 Å². The van der Waals surface area contributed by atoms with Gasteiger partial charge in [0.15, 0.2) is 0 Å². The van der Waals surface area contributed by atoms with Crippen molar-refractivity contribution in [3.05, 3.63) is 34.9 Å². The molecule has 0 saturated carbocycles. The van der Waals surface area contributed by atoms with Crippen molar-refractivity contribution < 1.29 is 19.5 Å². The quantitative estimate of drug-likeness (QED) is 0.869. The van der Waals surface area contributed by atoms with Crippen molar-refractivity contribution in [2.45, 2.75) is 32.2 Å². The first-order valence-electron chi connectivity index (χ1n) is 7.81. The normalized spacial score (nSPS) is 18.1. The minimum atomic E-state index is -1.33. The zero-order valence-electron chi connectivity index (χ0n) is 13.7. The Kier molecular flexibility index (Phi) is 5.49. The number of carboxylic acid groups (broad SMARTS) is 1. The lowest BCUT2D eigenvalue weighted by atomic mass is 9.94. The van der Waals surface area contributed by atoms with E-state index in [1.807, 2.05) is 0 Å². The van der Waals surface area contributed by atoms with Gasteiger partial charge in [-0.05, 0) is 51.0 Å². The third-order valence-electron chi connectivity index (χ3n) is 4.14. The van der Waals surface area contributed by atoms with E-state index in [9.17, 15) is 14.4 Å². The highest BCUT2D eigenvalue weighted by atomic mass is 35.5. The summed E-state index contributed by atoms with van der Waals surface area (Å²) in [6, 6.07) is 6.61. The van der Waals surface area contributed by atoms with Crippen LogP contribution in [0.5, 0.6) is 0 Å². The summed E-state index contributed by atoms with van der Waals surface area (Å²) < 4.78 is 0. The average Bonchev–Trinajstić information content (AvgIpc) is 2.54.